The van der Waals surface area contributed by atoms with E-state index in [0.717, 1.165) is 12.0 Å². The molecular formula is C23H28N2O3. The lowest BCUT2D eigenvalue weighted by Gasteiger charge is -2.33. The molecule has 0 aliphatic carbocycles. The molecule has 0 fully saturated rings. The van der Waals surface area contributed by atoms with Crippen LogP contribution in [0.4, 0.5) is 5.69 Å². The Kier molecular flexibility index (Phi) is 6.02. The van der Waals surface area contributed by atoms with Crippen molar-refractivity contribution in [3.63, 3.8) is 0 Å². The lowest BCUT2D eigenvalue weighted by Crippen LogP contribution is -2.49. The van der Waals surface area contributed by atoms with Gasteiger partial charge in [0.15, 0.2) is 6.10 Å². The first-order chi connectivity index (χ1) is 13.4. The summed E-state index contributed by atoms with van der Waals surface area (Å²) in [5.74, 6) is 0.457. The van der Waals surface area contributed by atoms with Gasteiger partial charge < -0.3 is 10.1 Å². The van der Waals surface area contributed by atoms with Crippen LogP contribution in [0.25, 0.3) is 0 Å². The minimum absolute atomic E-state index is 0.0280. The Bertz CT molecular complexity index is 845. The standard InChI is InChI=1S/C23H28N2O3/c1-5-17-10-12-18(13-11-17)22(15(2)3)24-21(26)14-25-19-8-6-7-9-20(19)28-16(4)23(25)27/h6-13,15-16,22H,5,14H2,1-4H3,(H,24,26). The van der Waals surface area contributed by atoms with Crippen LogP contribution >= 0.6 is 0 Å². The van der Waals surface area contributed by atoms with Crippen molar-refractivity contribution in [2.24, 2.45) is 5.92 Å². The number of ether oxygens (including phenoxy) is 1. The molecule has 0 bridgehead atoms. The zero-order valence-corrected chi connectivity index (χ0v) is 16.9. The number of para-hydroxylation sites is 2. The number of nitrogens with one attached hydrogen (secondary N) is 1. The molecule has 2 aromatic carbocycles. The van der Waals surface area contributed by atoms with E-state index >= 15 is 0 Å². The largest absolute Gasteiger partial charge is 0.479 e. The first kappa shape index (κ1) is 19.9. The summed E-state index contributed by atoms with van der Waals surface area (Å²) in [5, 5.41) is 3.11. The molecular weight excluding hydrogens is 352 g/mol. The molecule has 2 aromatic rings. The number of anilines is 1. The predicted octanol–water partition coefficient (Wildman–Crippen LogP) is 3.88. The van der Waals surface area contributed by atoms with E-state index in [9.17, 15) is 9.59 Å². The average molecular weight is 380 g/mol. The molecule has 0 aromatic heterocycles. The van der Waals surface area contributed by atoms with E-state index in [4.69, 9.17) is 4.74 Å². The summed E-state index contributed by atoms with van der Waals surface area (Å²) in [6.07, 6.45) is 0.376. The third kappa shape index (κ3) is 4.19. The summed E-state index contributed by atoms with van der Waals surface area (Å²) in [5.41, 5.74) is 2.97. The smallest absolute Gasteiger partial charge is 0.268 e. The highest BCUT2D eigenvalue weighted by atomic mass is 16.5. The molecule has 1 aliphatic rings. The van der Waals surface area contributed by atoms with Gasteiger partial charge >= 0.3 is 0 Å². The maximum Gasteiger partial charge on any atom is 0.268 e. The Morgan fingerprint density at radius 2 is 1.82 bits per heavy atom. The quantitative estimate of drug-likeness (QED) is 0.827. The molecule has 2 atom stereocenters. The van der Waals surface area contributed by atoms with E-state index < -0.39 is 6.10 Å². The van der Waals surface area contributed by atoms with Crippen molar-refractivity contribution in [1.29, 1.82) is 0 Å². The monoisotopic (exact) mass is 380 g/mol. The van der Waals surface area contributed by atoms with E-state index in [2.05, 4.69) is 50.4 Å². The van der Waals surface area contributed by atoms with Crippen LogP contribution in [0.15, 0.2) is 48.5 Å². The second kappa shape index (κ2) is 8.46. The maximum atomic E-state index is 12.8. The van der Waals surface area contributed by atoms with Gasteiger partial charge in [0.2, 0.25) is 5.91 Å². The zero-order valence-electron chi connectivity index (χ0n) is 16.9. The van der Waals surface area contributed by atoms with Gasteiger partial charge in [0.05, 0.1) is 11.7 Å². The molecule has 1 N–H and O–H groups in total. The fourth-order valence-corrected chi connectivity index (χ4v) is 3.48. The molecule has 2 amide bonds. The van der Waals surface area contributed by atoms with Gasteiger partial charge in [-0.25, -0.2) is 0 Å². The van der Waals surface area contributed by atoms with Crippen molar-refractivity contribution in [3.8, 4) is 5.75 Å². The number of nitrogens with zero attached hydrogens (tertiary/aromatic N) is 1. The second-order valence-corrected chi connectivity index (χ2v) is 7.54. The number of benzene rings is 2. The molecule has 5 heteroatoms. The van der Waals surface area contributed by atoms with Crippen LogP contribution in [-0.2, 0) is 16.0 Å². The number of aryl methyl sites for hydroxylation is 1. The van der Waals surface area contributed by atoms with Gasteiger partial charge in [0.25, 0.3) is 5.91 Å². The molecule has 0 saturated heterocycles. The van der Waals surface area contributed by atoms with Crippen LogP contribution in [0.2, 0.25) is 0 Å². The van der Waals surface area contributed by atoms with Crippen LogP contribution in [0.5, 0.6) is 5.75 Å². The molecule has 2 unspecified atom stereocenters. The predicted molar refractivity (Wildman–Crippen MR) is 110 cm³/mol. The summed E-state index contributed by atoms with van der Waals surface area (Å²) < 4.78 is 5.64. The molecule has 5 nitrogen and oxygen atoms in total. The number of carbonyl (C=O) groups excluding carboxylic acids is 2. The van der Waals surface area contributed by atoms with Crippen molar-refractivity contribution in [3.05, 3.63) is 59.7 Å². The van der Waals surface area contributed by atoms with Crippen molar-refractivity contribution in [2.75, 3.05) is 11.4 Å². The lowest BCUT2D eigenvalue weighted by atomic mass is 9.95. The van der Waals surface area contributed by atoms with E-state index in [-0.39, 0.29) is 30.3 Å². The number of hydrogen-bond acceptors (Lipinski definition) is 3. The summed E-state index contributed by atoms with van der Waals surface area (Å²) >= 11 is 0. The Balaban J connectivity index is 1.76. The normalized spacial score (nSPS) is 17.1. The van der Waals surface area contributed by atoms with Crippen molar-refractivity contribution in [1.82, 2.24) is 5.32 Å². The Hall–Kier alpha value is -2.82. The minimum Gasteiger partial charge on any atom is -0.479 e. The molecule has 0 saturated carbocycles. The van der Waals surface area contributed by atoms with Crippen molar-refractivity contribution >= 4 is 17.5 Å². The number of fused-ring (bicyclic) bond motifs is 1. The lowest BCUT2D eigenvalue weighted by molar-refractivity contribution is -0.128. The topological polar surface area (TPSA) is 58.6 Å². The van der Waals surface area contributed by atoms with Crippen molar-refractivity contribution < 1.29 is 14.3 Å². The Labute approximate surface area is 166 Å². The van der Waals surface area contributed by atoms with Gasteiger partial charge in [-0.15, -0.1) is 0 Å². The van der Waals surface area contributed by atoms with E-state index in [0.29, 0.717) is 11.4 Å². The van der Waals surface area contributed by atoms with Crippen LogP contribution in [-0.4, -0.2) is 24.5 Å². The second-order valence-electron chi connectivity index (χ2n) is 7.54. The molecule has 148 valence electrons. The number of amides is 2. The van der Waals surface area contributed by atoms with Crippen LogP contribution in [0.3, 0.4) is 0 Å². The van der Waals surface area contributed by atoms with Gasteiger partial charge in [-0.2, -0.15) is 0 Å². The summed E-state index contributed by atoms with van der Waals surface area (Å²) in [4.78, 5) is 27.0. The first-order valence-corrected chi connectivity index (χ1v) is 9.86. The van der Waals surface area contributed by atoms with Gasteiger partial charge in [-0.1, -0.05) is 57.2 Å². The van der Waals surface area contributed by atoms with E-state index in [1.54, 1.807) is 13.0 Å². The first-order valence-electron chi connectivity index (χ1n) is 9.86. The third-order valence-electron chi connectivity index (χ3n) is 5.11. The number of carbonyl (C=O) groups is 2. The van der Waals surface area contributed by atoms with E-state index in [1.165, 1.54) is 10.5 Å². The Morgan fingerprint density at radius 1 is 1.14 bits per heavy atom. The SMILES string of the molecule is CCc1ccc(C(NC(=O)CN2C(=O)C(C)Oc3ccccc32)C(C)C)cc1. The fourth-order valence-electron chi connectivity index (χ4n) is 3.48. The Morgan fingerprint density at radius 3 is 2.46 bits per heavy atom. The molecule has 0 spiro atoms. The minimum atomic E-state index is -0.606. The highest BCUT2D eigenvalue weighted by Gasteiger charge is 2.33. The van der Waals surface area contributed by atoms with E-state index in [1.807, 2.05) is 18.2 Å². The molecule has 0 radical (unpaired) electrons. The van der Waals surface area contributed by atoms with Gasteiger partial charge in [0.1, 0.15) is 12.3 Å². The van der Waals surface area contributed by atoms with Crippen molar-refractivity contribution in [2.45, 2.75) is 46.3 Å². The van der Waals surface area contributed by atoms with Crippen LogP contribution in [0.1, 0.15) is 44.9 Å². The number of rotatable bonds is 6. The summed E-state index contributed by atoms with van der Waals surface area (Å²) in [7, 11) is 0. The summed E-state index contributed by atoms with van der Waals surface area (Å²) in [6.45, 7) is 7.95. The van der Waals surface area contributed by atoms with Gasteiger partial charge in [-0.3, -0.25) is 14.5 Å². The van der Waals surface area contributed by atoms with Crippen LogP contribution < -0.4 is 15.0 Å². The van der Waals surface area contributed by atoms with Gasteiger partial charge in [0, 0.05) is 0 Å². The highest BCUT2D eigenvalue weighted by molar-refractivity contribution is 6.03. The average Bonchev–Trinajstić information content (AvgIpc) is 2.69. The third-order valence-corrected chi connectivity index (χ3v) is 5.11. The highest BCUT2D eigenvalue weighted by Crippen LogP contribution is 2.33. The maximum absolute atomic E-state index is 12.8. The molecule has 28 heavy (non-hydrogen) atoms. The molecule has 1 aliphatic heterocycles. The number of hydrogen-bond donors (Lipinski definition) is 1. The zero-order chi connectivity index (χ0) is 20.3. The summed E-state index contributed by atoms with van der Waals surface area (Å²) in [6, 6.07) is 15.5. The molecule has 1 heterocycles. The van der Waals surface area contributed by atoms with Crippen LogP contribution in [0, 0.1) is 5.92 Å². The van der Waals surface area contributed by atoms with Gasteiger partial charge in [-0.05, 0) is 42.5 Å². The fraction of sp³-hybridized carbons (Fsp3) is 0.391. The molecule has 3 rings (SSSR count).